The quantitative estimate of drug-likeness (QED) is 0.836. The Morgan fingerprint density at radius 2 is 2.44 bits per heavy atom. The van der Waals surface area contributed by atoms with Crippen LogP contribution in [0.3, 0.4) is 0 Å². The van der Waals surface area contributed by atoms with Gasteiger partial charge in [-0.25, -0.2) is 4.39 Å². The molecule has 1 aliphatic carbocycles. The lowest BCUT2D eigenvalue weighted by atomic mass is 9.74. The number of hydrogen-bond donors (Lipinski definition) is 1. The Labute approximate surface area is 95.5 Å². The molecule has 0 bridgehead atoms. The predicted molar refractivity (Wildman–Crippen MR) is 60.3 cm³/mol. The van der Waals surface area contributed by atoms with E-state index in [-0.39, 0.29) is 5.82 Å². The second kappa shape index (κ2) is 4.50. The number of halogens is 1. The summed E-state index contributed by atoms with van der Waals surface area (Å²) >= 11 is 0. The van der Waals surface area contributed by atoms with Crippen LogP contribution in [0.5, 0.6) is 0 Å². The molecule has 1 aromatic heterocycles. The van der Waals surface area contributed by atoms with Gasteiger partial charge in [-0.2, -0.15) is 0 Å². The highest BCUT2D eigenvalue weighted by molar-refractivity contribution is 5.22. The average molecular weight is 223 g/mol. The zero-order chi connectivity index (χ0) is 11.6. The van der Waals surface area contributed by atoms with Crippen molar-refractivity contribution in [1.82, 2.24) is 4.98 Å². The van der Waals surface area contributed by atoms with Gasteiger partial charge in [0.05, 0.1) is 11.8 Å². The van der Waals surface area contributed by atoms with Crippen molar-refractivity contribution >= 4 is 0 Å². The molecular weight excluding hydrogens is 205 g/mol. The molecule has 2 nitrogen and oxygen atoms in total. The van der Waals surface area contributed by atoms with Crippen LogP contribution in [0.1, 0.15) is 44.6 Å². The van der Waals surface area contributed by atoms with Crippen LogP contribution < -0.4 is 0 Å². The Hall–Kier alpha value is -0.960. The van der Waals surface area contributed by atoms with E-state index in [4.69, 9.17) is 0 Å². The van der Waals surface area contributed by atoms with Crippen LogP contribution in [-0.2, 0) is 5.60 Å². The van der Waals surface area contributed by atoms with E-state index < -0.39 is 5.60 Å². The molecule has 0 radical (unpaired) electrons. The molecule has 1 saturated carbocycles. The van der Waals surface area contributed by atoms with Gasteiger partial charge in [0.25, 0.3) is 0 Å². The molecule has 2 atom stereocenters. The molecule has 3 heteroatoms. The van der Waals surface area contributed by atoms with Crippen molar-refractivity contribution in [3.05, 3.63) is 29.8 Å². The van der Waals surface area contributed by atoms with Gasteiger partial charge >= 0.3 is 0 Å². The number of aliphatic hydroxyl groups is 1. The molecule has 1 aromatic rings. The lowest BCUT2D eigenvalue weighted by molar-refractivity contribution is -0.0246. The third-order valence-corrected chi connectivity index (χ3v) is 3.68. The Bertz CT molecular complexity index is 369. The first kappa shape index (κ1) is 11.5. The van der Waals surface area contributed by atoms with Gasteiger partial charge in [0.15, 0.2) is 0 Å². The van der Waals surface area contributed by atoms with Crippen LogP contribution in [-0.4, -0.2) is 10.1 Å². The predicted octanol–water partition coefficient (Wildman–Crippen LogP) is 3.01. The minimum atomic E-state index is -0.980. The molecule has 0 aromatic carbocycles. The van der Waals surface area contributed by atoms with Gasteiger partial charge in [-0.3, -0.25) is 4.98 Å². The van der Waals surface area contributed by atoms with Gasteiger partial charge in [0.2, 0.25) is 0 Å². The van der Waals surface area contributed by atoms with Crippen molar-refractivity contribution in [3.8, 4) is 0 Å². The largest absolute Gasteiger partial charge is 0.385 e. The molecule has 0 amide bonds. The monoisotopic (exact) mass is 223 g/mol. The van der Waals surface area contributed by atoms with E-state index in [0.717, 1.165) is 19.3 Å². The summed E-state index contributed by atoms with van der Waals surface area (Å²) < 4.78 is 13.6. The Morgan fingerprint density at radius 1 is 1.62 bits per heavy atom. The number of aromatic nitrogens is 1. The molecule has 0 spiro atoms. The SMILES string of the molecule is CCC1CCCC(O)(c2ccncc2F)C1. The van der Waals surface area contributed by atoms with Crippen LogP contribution in [0.2, 0.25) is 0 Å². The Balaban J connectivity index is 2.27. The van der Waals surface area contributed by atoms with Crippen LogP contribution >= 0.6 is 0 Å². The standard InChI is InChI=1S/C13H18FNO/c1-2-10-4-3-6-13(16,8-10)11-5-7-15-9-12(11)14/h5,7,9-10,16H,2-4,6,8H2,1H3. The highest BCUT2D eigenvalue weighted by Crippen LogP contribution is 2.41. The number of rotatable bonds is 2. The fourth-order valence-electron chi connectivity index (χ4n) is 2.71. The lowest BCUT2D eigenvalue weighted by Gasteiger charge is -2.37. The van der Waals surface area contributed by atoms with Gasteiger partial charge in [-0.15, -0.1) is 0 Å². The lowest BCUT2D eigenvalue weighted by Crippen LogP contribution is -2.33. The molecular formula is C13H18FNO. The number of hydrogen-bond acceptors (Lipinski definition) is 2. The van der Waals surface area contributed by atoms with E-state index in [0.29, 0.717) is 24.3 Å². The van der Waals surface area contributed by atoms with Gasteiger partial charge < -0.3 is 5.11 Å². The molecule has 1 fully saturated rings. The topological polar surface area (TPSA) is 33.1 Å². The first-order valence-electron chi connectivity index (χ1n) is 5.98. The van der Waals surface area contributed by atoms with E-state index in [1.807, 2.05) is 0 Å². The molecule has 0 saturated heterocycles. The smallest absolute Gasteiger partial charge is 0.147 e. The van der Waals surface area contributed by atoms with Gasteiger partial charge in [0.1, 0.15) is 5.82 Å². The second-order valence-corrected chi connectivity index (χ2v) is 4.76. The van der Waals surface area contributed by atoms with Crippen molar-refractivity contribution < 1.29 is 9.50 Å². The van der Waals surface area contributed by atoms with Crippen LogP contribution in [0, 0.1) is 11.7 Å². The summed E-state index contributed by atoms with van der Waals surface area (Å²) in [6.45, 7) is 2.12. The van der Waals surface area contributed by atoms with Crippen LogP contribution in [0.15, 0.2) is 18.5 Å². The summed E-state index contributed by atoms with van der Waals surface area (Å²) in [4.78, 5) is 3.72. The normalized spacial score (nSPS) is 30.3. The molecule has 1 N–H and O–H groups in total. The van der Waals surface area contributed by atoms with Gasteiger partial charge in [-0.05, 0) is 31.2 Å². The molecule has 0 aliphatic heterocycles. The maximum Gasteiger partial charge on any atom is 0.147 e. The average Bonchev–Trinajstić information content (AvgIpc) is 2.29. The third-order valence-electron chi connectivity index (χ3n) is 3.68. The van der Waals surface area contributed by atoms with E-state index in [1.54, 1.807) is 12.3 Å². The van der Waals surface area contributed by atoms with Gasteiger partial charge in [0, 0.05) is 11.8 Å². The highest BCUT2D eigenvalue weighted by atomic mass is 19.1. The minimum Gasteiger partial charge on any atom is -0.385 e. The highest BCUT2D eigenvalue weighted by Gasteiger charge is 2.37. The van der Waals surface area contributed by atoms with Crippen molar-refractivity contribution in [2.75, 3.05) is 0 Å². The van der Waals surface area contributed by atoms with Crippen LogP contribution in [0.4, 0.5) is 4.39 Å². The van der Waals surface area contributed by atoms with Crippen molar-refractivity contribution in [1.29, 1.82) is 0 Å². The summed E-state index contributed by atoms with van der Waals surface area (Å²) in [7, 11) is 0. The fraction of sp³-hybridized carbons (Fsp3) is 0.615. The van der Waals surface area contributed by atoms with E-state index in [1.165, 1.54) is 6.20 Å². The maximum atomic E-state index is 13.6. The molecule has 88 valence electrons. The third kappa shape index (κ3) is 2.09. The van der Waals surface area contributed by atoms with Crippen LogP contribution in [0.25, 0.3) is 0 Å². The molecule has 2 unspecified atom stereocenters. The Morgan fingerprint density at radius 3 is 3.12 bits per heavy atom. The van der Waals surface area contributed by atoms with Crippen molar-refractivity contribution in [3.63, 3.8) is 0 Å². The van der Waals surface area contributed by atoms with E-state index in [2.05, 4.69) is 11.9 Å². The number of pyridine rings is 1. The van der Waals surface area contributed by atoms with Crippen molar-refractivity contribution in [2.24, 2.45) is 5.92 Å². The van der Waals surface area contributed by atoms with E-state index in [9.17, 15) is 9.50 Å². The summed E-state index contributed by atoms with van der Waals surface area (Å²) in [6, 6.07) is 1.60. The van der Waals surface area contributed by atoms with E-state index >= 15 is 0 Å². The molecule has 2 rings (SSSR count). The minimum absolute atomic E-state index is 0.387. The van der Waals surface area contributed by atoms with Gasteiger partial charge in [-0.1, -0.05) is 19.8 Å². The first-order valence-corrected chi connectivity index (χ1v) is 5.98. The summed E-state index contributed by atoms with van der Waals surface area (Å²) in [5.41, 5.74) is -0.563. The Kier molecular flexibility index (Phi) is 3.24. The van der Waals surface area contributed by atoms with Crippen molar-refractivity contribution in [2.45, 2.75) is 44.6 Å². The molecule has 16 heavy (non-hydrogen) atoms. The summed E-state index contributed by atoms with van der Waals surface area (Å²) in [6.07, 6.45) is 7.22. The fourth-order valence-corrected chi connectivity index (χ4v) is 2.71. The summed E-state index contributed by atoms with van der Waals surface area (Å²) in [5, 5.41) is 10.6. The zero-order valence-corrected chi connectivity index (χ0v) is 9.62. The molecule has 1 heterocycles. The zero-order valence-electron chi connectivity index (χ0n) is 9.62. The first-order chi connectivity index (χ1) is 7.65. The maximum absolute atomic E-state index is 13.6. The number of nitrogens with zero attached hydrogens (tertiary/aromatic N) is 1. The second-order valence-electron chi connectivity index (χ2n) is 4.76. The summed E-state index contributed by atoms with van der Waals surface area (Å²) in [5.74, 6) is 0.119. The molecule has 1 aliphatic rings.